The van der Waals surface area contributed by atoms with Gasteiger partial charge >= 0.3 is 12.2 Å². The number of aromatic nitrogens is 3. The molecular formula is C29H39ClN6O4. The molecule has 3 aromatic rings. The average molecular weight is 571 g/mol. The molecule has 3 aromatic heterocycles. The summed E-state index contributed by atoms with van der Waals surface area (Å²) in [6.07, 6.45) is 2.76. The molecule has 0 aliphatic carbocycles. The Morgan fingerprint density at radius 3 is 2.23 bits per heavy atom. The summed E-state index contributed by atoms with van der Waals surface area (Å²) in [6, 6.07) is 7.13. The number of carbonyl (C=O) groups excluding carboxylic acids is 2. The van der Waals surface area contributed by atoms with Crippen LogP contribution in [0.2, 0.25) is 5.02 Å². The molecule has 10 nitrogen and oxygen atoms in total. The van der Waals surface area contributed by atoms with Gasteiger partial charge in [-0.25, -0.2) is 19.1 Å². The molecule has 4 heterocycles. The Hall–Kier alpha value is -3.53. The van der Waals surface area contributed by atoms with E-state index in [1.54, 1.807) is 41.0 Å². The van der Waals surface area contributed by atoms with Crippen LogP contribution in [-0.2, 0) is 9.47 Å². The molecule has 0 bridgehead atoms. The van der Waals surface area contributed by atoms with E-state index in [-0.39, 0.29) is 18.2 Å². The van der Waals surface area contributed by atoms with Gasteiger partial charge in [-0.3, -0.25) is 9.80 Å². The number of hydrogen-bond donors (Lipinski definition) is 0. The topological polar surface area (TPSA) is 92.5 Å². The summed E-state index contributed by atoms with van der Waals surface area (Å²) in [5.41, 5.74) is 1.69. The zero-order chi connectivity index (χ0) is 29.6. The fourth-order valence-corrected chi connectivity index (χ4v) is 4.98. The Bertz CT molecular complexity index is 1400. The van der Waals surface area contributed by atoms with Crippen LogP contribution in [0.15, 0.2) is 36.7 Å². The maximum absolute atomic E-state index is 12.9. The largest absolute Gasteiger partial charge is 0.444 e. The monoisotopic (exact) mass is 570 g/mol. The van der Waals surface area contributed by atoms with Gasteiger partial charge in [-0.1, -0.05) is 11.6 Å². The number of carbonyl (C=O) groups is 2. The first kappa shape index (κ1) is 29.5. The second-order valence-electron chi connectivity index (χ2n) is 12.3. The average Bonchev–Trinajstić information content (AvgIpc) is 3.23. The van der Waals surface area contributed by atoms with Crippen LogP contribution in [0.5, 0.6) is 0 Å². The first-order chi connectivity index (χ1) is 18.5. The van der Waals surface area contributed by atoms with E-state index in [9.17, 15) is 9.59 Å². The van der Waals surface area contributed by atoms with Crippen molar-refractivity contribution in [2.75, 3.05) is 29.9 Å². The zero-order valence-electron chi connectivity index (χ0n) is 24.7. The molecule has 1 fully saturated rings. The van der Waals surface area contributed by atoms with E-state index in [2.05, 4.69) is 10.00 Å². The van der Waals surface area contributed by atoms with Crippen molar-refractivity contribution >= 4 is 40.8 Å². The Labute approximate surface area is 240 Å². The van der Waals surface area contributed by atoms with Crippen molar-refractivity contribution < 1.29 is 19.1 Å². The van der Waals surface area contributed by atoms with Crippen LogP contribution in [0.25, 0.3) is 16.8 Å². The molecule has 0 spiro atoms. The summed E-state index contributed by atoms with van der Waals surface area (Å²) in [5.74, 6) is 0.714. The summed E-state index contributed by atoms with van der Waals surface area (Å²) < 4.78 is 12.9. The molecule has 0 aromatic carbocycles. The lowest BCUT2D eigenvalue weighted by atomic mass is 10.1. The summed E-state index contributed by atoms with van der Waals surface area (Å²) in [7, 11) is 1.67. The highest BCUT2D eigenvalue weighted by molar-refractivity contribution is 6.31. The van der Waals surface area contributed by atoms with Crippen LogP contribution in [0.1, 0.15) is 55.4 Å². The minimum atomic E-state index is -0.605. The quantitative estimate of drug-likeness (QED) is 0.367. The summed E-state index contributed by atoms with van der Waals surface area (Å²) in [4.78, 5) is 35.9. The van der Waals surface area contributed by atoms with Gasteiger partial charge in [0.15, 0.2) is 0 Å². The normalized spacial score (nSPS) is 18.1. The third-order valence-electron chi connectivity index (χ3n) is 6.46. The Balaban J connectivity index is 1.62. The Morgan fingerprint density at radius 2 is 1.62 bits per heavy atom. The molecule has 0 N–H and O–H groups in total. The van der Waals surface area contributed by atoms with Gasteiger partial charge < -0.3 is 14.4 Å². The van der Waals surface area contributed by atoms with Gasteiger partial charge in [0.2, 0.25) is 0 Å². The molecule has 4 rings (SSSR count). The van der Waals surface area contributed by atoms with Crippen LogP contribution in [0.4, 0.5) is 21.1 Å². The van der Waals surface area contributed by atoms with Gasteiger partial charge in [0.25, 0.3) is 0 Å². The fraction of sp³-hybridized carbons (Fsp3) is 0.517. The molecular weight excluding hydrogens is 532 g/mol. The van der Waals surface area contributed by atoms with Gasteiger partial charge in [-0.05, 0) is 79.7 Å². The van der Waals surface area contributed by atoms with Gasteiger partial charge in [-0.2, -0.15) is 5.10 Å². The number of piperazine rings is 1. The smallest absolute Gasteiger partial charge is 0.414 e. The zero-order valence-corrected chi connectivity index (χ0v) is 25.5. The lowest BCUT2D eigenvalue weighted by molar-refractivity contribution is 0.00558. The third kappa shape index (κ3) is 6.60. The van der Waals surface area contributed by atoms with Crippen molar-refractivity contribution in [3.8, 4) is 11.3 Å². The molecule has 11 heteroatoms. The van der Waals surface area contributed by atoms with Gasteiger partial charge in [0.05, 0.1) is 35.2 Å². The standard InChI is InChI=1S/C29H39ClN6O4/c1-18-16-34(17-19(2)36(18)27(38)40-29(6,7)8)25-13-20(30)12-23(32-25)22-15-31-35-11-10-21(14-24(22)35)33(9)26(37)39-28(3,4)5/h10-15,18-19H,16-17H2,1-9H3/t18-,19+. The number of amides is 2. The van der Waals surface area contributed by atoms with E-state index in [4.69, 9.17) is 26.1 Å². The van der Waals surface area contributed by atoms with Crippen molar-refractivity contribution in [1.29, 1.82) is 0 Å². The fourth-order valence-electron chi connectivity index (χ4n) is 4.78. The predicted molar refractivity (Wildman–Crippen MR) is 157 cm³/mol. The van der Waals surface area contributed by atoms with Crippen LogP contribution in [0, 0.1) is 0 Å². The molecule has 216 valence electrons. The number of rotatable bonds is 3. The Kier molecular flexibility index (Phi) is 7.95. The summed E-state index contributed by atoms with van der Waals surface area (Å²) >= 11 is 6.60. The van der Waals surface area contributed by atoms with Crippen LogP contribution in [0.3, 0.4) is 0 Å². The van der Waals surface area contributed by atoms with Crippen molar-refractivity contribution in [2.45, 2.75) is 78.7 Å². The van der Waals surface area contributed by atoms with E-state index in [0.29, 0.717) is 35.3 Å². The number of nitrogens with zero attached hydrogens (tertiary/aromatic N) is 6. The van der Waals surface area contributed by atoms with Crippen molar-refractivity contribution in [1.82, 2.24) is 19.5 Å². The molecule has 0 radical (unpaired) electrons. The van der Waals surface area contributed by atoms with Gasteiger partial charge in [-0.15, -0.1) is 0 Å². The first-order valence-electron chi connectivity index (χ1n) is 13.4. The van der Waals surface area contributed by atoms with Crippen LogP contribution >= 0.6 is 11.6 Å². The second kappa shape index (κ2) is 10.8. The minimum absolute atomic E-state index is 0.0919. The number of halogens is 1. The lowest BCUT2D eigenvalue weighted by Gasteiger charge is -2.45. The predicted octanol–water partition coefficient (Wildman–Crippen LogP) is 6.26. The lowest BCUT2D eigenvalue weighted by Crippen LogP contribution is -2.59. The second-order valence-corrected chi connectivity index (χ2v) is 12.8. The van der Waals surface area contributed by atoms with E-state index < -0.39 is 17.3 Å². The van der Waals surface area contributed by atoms with Crippen LogP contribution < -0.4 is 9.80 Å². The van der Waals surface area contributed by atoms with Crippen molar-refractivity contribution in [3.05, 3.63) is 41.7 Å². The number of ether oxygens (including phenoxy) is 2. The molecule has 1 aliphatic rings. The van der Waals surface area contributed by atoms with E-state index >= 15 is 0 Å². The summed E-state index contributed by atoms with van der Waals surface area (Å²) in [6.45, 7) is 16.3. The van der Waals surface area contributed by atoms with Crippen LogP contribution in [-0.4, -0.2) is 75.1 Å². The molecule has 0 unspecified atom stereocenters. The third-order valence-corrected chi connectivity index (χ3v) is 6.68. The minimum Gasteiger partial charge on any atom is -0.444 e. The van der Waals surface area contributed by atoms with Crippen molar-refractivity contribution in [2.24, 2.45) is 0 Å². The maximum atomic E-state index is 12.9. The summed E-state index contributed by atoms with van der Waals surface area (Å²) in [5, 5.41) is 5.02. The van der Waals surface area contributed by atoms with Gasteiger partial charge in [0.1, 0.15) is 17.0 Å². The first-order valence-corrected chi connectivity index (χ1v) is 13.8. The molecule has 0 saturated carbocycles. The van der Waals surface area contributed by atoms with Gasteiger partial charge in [0, 0.05) is 36.9 Å². The molecule has 2 amide bonds. The molecule has 1 aliphatic heterocycles. The van der Waals surface area contributed by atoms with E-state index in [1.165, 1.54) is 4.90 Å². The highest BCUT2D eigenvalue weighted by Gasteiger charge is 2.36. The number of pyridine rings is 2. The SMILES string of the molecule is C[C@@H]1CN(c2cc(Cl)cc(-c3cnn4ccc(N(C)C(=O)OC(C)(C)C)cc34)n2)C[C@H](C)N1C(=O)OC(C)(C)C. The highest BCUT2D eigenvalue weighted by atomic mass is 35.5. The number of anilines is 2. The number of hydrogen-bond acceptors (Lipinski definition) is 7. The molecule has 1 saturated heterocycles. The Morgan fingerprint density at radius 1 is 1.00 bits per heavy atom. The van der Waals surface area contributed by atoms with Crippen molar-refractivity contribution in [3.63, 3.8) is 0 Å². The number of fused-ring (bicyclic) bond motifs is 1. The van der Waals surface area contributed by atoms with E-state index in [0.717, 1.165) is 11.1 Å². The molecule has 40 heavy (non-hydrogen) atoms. The highest BCUT2D eigenvalue weighted by Crippen LogP contribution is 2.32. The molecule has 2 atom stereocenters. The van der Waals surface area contributed by atoms with E-state index in [1.807, 2.05) is 67.5 Å². The maximum Gasteiger partial charge on any atom is 0.414 e.